The molecule has 0 radical (unpaired) electrons. The van der Waals surface area contributed by atoms with Crippen molar-refractivity contribution >= 4 is 23.5 Å². The summed E-state index contributed by atoms with van der Waals surface area (Å²) in [4.78, 5) is 0. The van der Waals surface area contributed by atoms with Gasteiger partial charge in [-0.2, -0.15) is 23.5 Å². The maximum atomic E-state index is 7.22. The smallest absolute Gasteiger partial charge is 0.0496 e. The largest absolute Gasteiger partial charge is 0.151 e. The molecule has 0 N–H and O–H groups in total. The monoisotopic (exact) mass is 123 g/mol. The normalized spacial score (nSPS) is 37.3. The Labute approximate surface area is 49.9 Å². The van der Waals surface area contributed by atoms with Crippen LogP contribution in [0.3, 0.4) is 0 Å². The summed E-state index contributed by atoms with van der Waals surface area (Å²) >= 11 is 2.83. The molecule has 0 bridgehead atoms. The van der Waals surface area contributed by atoms with Crippen LogP contribution in [-0.2, 0) is 0 Å². The van der Waals surface area contributed by atoms with Crippen molar-refractivity contribution in [3.05, 3.63) is 0 Å². The quantitative estimate of drug-likeness (QED) is 0.451. The van der Waals surface area contributed by atoms with Gasteiger partial charge in [0.2, 0.25) is 0 Å². The van der Waals surface area contributed by atoms with Gasteiger partial charge < -0.3 is 0 Å². The Morgan fingerprint density at radius 3 is 2.33 bits per heavy atom. The summed E-state index contributed by atoms with van der Waals surface area (Å²) < 4.78 is 14.4. The fourth-order valence-corrected chi connectivity index (χ4v) is 2.09. The molecule has 0 atom stereocenters. The van der Waals surface area contributed by atoms with E-state index < -0.39 is 5.04 Å². The van der Waals surface area contributed by atoms with Gasteiger partial charge in [-0.05, 0) is 17.9 Å². The zero-order valence-electron chi connectivity index (χ0n) is 5.44. The highest BCUT2D eigenvalue weighted by Crippen LogP contribution is 2.19. The van der Waals surface area contributed by atoms with Crippen LogP contribution in [0.15, 0.2) is 0 Å². The summed E-state index contributed by atoms with van der Waals surface area (Å²) in [6, 6.07) is 0. The van der Waals surface area contributed by atoms with E-state index in [1.807, 2.05) is 0 Å². The van der Waals surface area contributed by atoms with Crippen LogP contribution in [0, 0.1) is 0 Å². The molecule has 0 aliphatic carbocycles. The second-order valence-corrected chi connectivity index (χ2v) is 3.19. The molecule has 1 rings (SSSR count). The Morgan fingerprint density at radius 1 is 1.33 bits per heavy atom. The molecule has 6 heavy (non-hydrogen) atoms. The maximum Gasteiger partial charge on any atom is 0.0496 e. The van der Waals surface area contributed by atoms with E-state index in [0.29, 0.717) is 0 Å². The van der Waals surface area contributed by atoms with Crippen molar-refractivity contribution < 1.29 is 2.74 Å². The molecule has 0 spiro atoms. The van der Waals surface area contributed by atoms with Crippen LogP contribution in [0.1, 0.15) is 9.16 Å². The summed E-state index contributed by atoms with van der Waals surface area (Å²) in [6.07, 6.45) is 1.16. The third kappa shape index (κ3) is 1.43. The highest BCUT2D eigenvalue weighted by molar-refractivity contribution is 8.16. The second-order valence-electron chi connectivity index (χ2n) is 1.13. The Kier molecular flexibility index (Phi) is 1.34. The molecule has 0 unspecified atom stereocenters. The summed E-state index contributed by atoms with van der Waals surface area (Å²) in [7, 11) is 0. The average Bonchev–Trinajstić information content (AvgIpc) is 1.65. The lowest BCUT2D eigenvalue weighted by Crippen LogP contribution is -1.90. The van der Waals surface area contributed by atoms with Crippen LogP contribution >= 0.6 is 23.5 Å². The van der Waals surface area contributed by atoms with E-state index in [-0.39, 0.29) is 0 Å². The van der Waals surface area contributed by atoms with E-state index in [1.165, 1.54) is 23.5 Å². The van der Waals surface area contributed by atoms with Crippen LogP contribution in [-0.4, -0.2) is 16.5 Å². The first-order valence-corrected chi connectivity index (χ1v) is 3.96. The van der Waals surface area contributed by atoms with Gasteiger partial charge in [0.15, 0.2) is 0 Å². The fourth-order valence-electron chi connectivity index (χ4n) is 0.328. The highest BCUT2D eigenvalue weighted by atomic mass is 32.2. The van der Waals surface area contributed by atoms with Gasteiger partial charge in [0, 0.05) is 7.78 Å². The standard InChI is InChI=1S/C4H8S2/c1-2-5-4-6-3-1/h1-4H2/i4+1D2. The second kappa shape index (κ2) is 2.80. The molecule has 1 fully saturated rings. The zero-order valence-corrected chi connectivity index (χ0v) is 5.07. The Balaban J connectivity index is 2.33. The van der Waals surface area contributed by atoms with E-state index in [9.17, 15) is 0 Å². The predicted octanol–water partition coefficient (Wildman–Crippen LogP) is 1.81. The summed E-state index contributed by atoms with van der Waals surface area (Å²) in [5.74, 6) is 1.97. The Hall–Kier alpha value is 0.700. The Bertz CT molecular complexity index is 76.1. The molecule has 0 amide bonds. The lowest BCUT2D eigenvalue weighted by Gasteiger charge is -2.05. The third-order valence-corrected chi connectivity index (χ3v) is 2.54. The molecule has 1 aliphatic rings. The first-order valence-electron chi connectivity index (χ1n) is 2.99. The van der Waals surface area contributed by atoms with Crippen molar-refractivity contribution in [3.63, 3.8) is 0 Å². The average molecular weight is 123 g/mol. The number of hydrogen-bond acceptors (Lipinski definition) is 2. The molecule has 0 nitrogen and oxygen atoms in total. The molecule has 2 heteroatoms. The highest BCUT2D eigenvalue weighted by Gasteiger charge is 1.95. The molecule has 0 aromatic heterocycles. The molecule has 1 heterocycles. The van der Waals surface area contributed by atoms with Gasteiger partial charge in [-0.3, -0.25) is 0 Å². The van der Waals surface area contributed by atoms with Crippen LogP contribution in [0.25, 0.3) is 0 Å². The van der Waals surface area contributed by atoms with Crippen LogP contribution in [0.2, 0.25) is 0 Å². The van der Waals surface area contributed by atoms with Gasteiger partial charge in [-0.1, -0.05) is 0 Å². The number of rotatable bonds is 0. The summed E-state index contributed by atoms with van der Waals surface area (Å²) in [5.41, 5.74) is 0. The van der Waals surface area contributed by atoms with Gasteiger partial charge in [0.1, 0.15) is 0 Å². The maximum absolute atomic E-state index is 7.22. The topological polar surface area (TPSA) is 0 Å². The van der Waals surface area contributed by atoms with Crippen molar-refractivity contribution in [2.75, 3.05) is 16.5 Å². The van der Waals surface area contributed by atoms with Crippen molar-refractivity contribution in [3.8, 4) is 0 Å². The molecule has 0 aromatic rings. The van der Waals surface area contributed by atoms with Gasteiger partial charge in [-0.25, -0.2) is 0 Å². The minimum absolute atomic E-state index is 0.986. The summed E-state index contributed by atoms with van der Waals surface area (Å²) in [6.45, 7) is 0. The van der Waals surface area contributed by atoms with E-state index in [0.717, 1.165) is 17.9 Å². The van der Waals surface area contributed by atoms with E-state index in [4.69, 9.17) is 2.74 Å². The summed E-state index contributed by atoms with van der Waals surface area (Å²) in [5, 5.41) is -0.988. The van der Waals surface area contributed by atoms with Crippen LogP contribution < -0.4 is 0 Å². The van der Waals surface area contributed by atoms with Gasteiger partial charge in [-0.15, -0.1) is 0 Å². The molecule has 0 aromatic carbocycles. The van der Waals surface area contributed by atoms with Gasteiger partial charge in [0.25, 0.3) is 0 Å². The minimum Gasteiger partial charge on any atom is -0.151 e. The molecule has 0 saturated carbocycles. The van der Waals surface area contributed by atoms with Crippen molar-refractivity contribution in [2.24, 2.45) is 0 Å². The fraction of sp³-hybridized carbons (Fsp3) is 1.00. The molecular weight excluding hydrogens is 113 g/mol. The zero-order chi connectivity index (χ0) is 6.04. The number of thioether (sulfide) groups is 2. The lowest BCUT2D eigenvalue weighted by atomic mass is 10.6. The molecule has 1 aliphatic heterocycles. The first kappa shape index (κ1) is 2.88. The van der Waals surface area contributed by atoms with E-state index in [1.54, 1.807) is 0 Å². The molecule has 36 valence electrons. The van der Waals surface area contributed by atoms with Crippen LogP contribution in [0.4, 0.5) is 0 Å². The van der Waals surface area contributed by atoms with Crippen LogP contribution in [0.5, 0.6) is 0 Å². The van der Waals surface area contributed by atoms with Gasteiger partial charge in [0.05, 0.1) is 0 Å². The first-order chi connectivity index (χ1) is 3.71. The lowest BCUT2D eigenvalue weighted by molar-refractivity contribution is 1.12. The van der Waals surface area contributed by atoms with Crippen molar-refractivity contribution in [1.82, 2.24) is 0 Å². The number of hydrogen-bond donors (Lipinski definition) is 0. The minimum atomic E-state index is -0.988. The van der Waals surface area contributed by atoms with Crippen molar-refractivity contribution in [2.45, 2.75) is 6.42 Å². The Morgan fingerprint density at radius 2 is 2.00 bits per heavy atom. The molecule has 1 saturated heterocycles. The SMILES string of the molecule is [2H][13C]1([2H])SCCCS1. The van der Waals surface area contributed by atoms with E-state index in [2.05, 4.69) is 0 Å². The molecular formula is C4H8S2. The predicted molar refractivity (Wildman–Crippen MR) is 34.4 cm³/mol. The van der Waals surface area contributed by atoms with Gasteiger partial charge >= 0.3 is 0 Å². The van der Waals surface area contributed by atoms with Crippen molar-refractivity contribution in [1.29, 1.82) is 0 Å². The third-order valence-electron chi connectivity index (χ3n) is 0.611. The van der Waals surface area contributed by atoms with E-state index >= 15 is 0 Å².